The van der Waals surface area contributed by atoms with Crippen LogP contribution in [0, 0.1) is 5.41 Å². The summed E-state index contributed by atoms with van der Waals surface area (Å²) < 4.78 is 1.74. The molecule has 0 amide bonds. The predicted octanol–water partition coefficient (Wildman–Crippen LogP) is 2.69. The maximum absolute atomic E-state index is 11.2. The van der Waals surface area contributed by atoms with Gasteiger partial charge < -0.3 is 5.11 Å². The van der Waals surface area contributed by atoms with Gasteiger partial charge in [-0.3, -0.25) is 4.79 Å². The normalized spacial score (nSPS) is 13.7. The van der Waals surface area contributed by atoms with Gasteiger partial charge in [-0.1, -0.05) is 24.3 Å². The van der Waals surface area contributed by atoms with Crippen LogP contribution in [0.25, 0.3) is 5.69 Å². The first-order valence-electron chi connectivity index (χ1n) is 6.02. The molecule has 1 atom stereocenters. The van der Waals surface area contributed by atoms with Gasteiger partial charge in [0.1, 0.15) is 0 Å². The number of carboxylic acids is 1. The molecule has 0 radical (unpaired) electrons. The minimum atomic E-state index is -0.990. The van der Waals surface area contributed by atoms with E-state index >= 15 is 0 Å². The quantitative estimate of drug-likeness (QED) is 0.837. The molecule has 1 unspecified atom stereocenters. The van der Waals surface area contributed by atoms with Gasteiger partial charge >= 0.3 is 5.97 Å². The molecule has 0 saturated carbocycles. The van der Waals surface area contributed by atoms with Crippen molar-refractivity contribution in [1.29, 1.82) is 0 Å². The summed E-state index contributed by atoms with van der Waals surface area (Å²) in [4.78, 5) is 11.2. The van der Waals surface area contributed by atoms with Crippen LogP contribution in [0.5, 0.6) is 0 Å². The van der Waals surface area contributed by atoms with Crippen LogP contribution in [0.15, 0.2) is 55.3 Å². The van der Waals surface area contributed by atoms with E-state index in [0.29, 0.717) is 6.42 Å². The molecule has 0 spiro atoms. The molecule has 19 heavy (non-hydrogen) atoms. The van der Waals surface area contributed by atoms with E-state index in [0.717, 1.165) is 11.4 Å². The average molecular weight is 256 g/mol. The van der Waals surface area contributed by atoms with Crippen molar-refractivity contribution in [2.75, 3.05) is 0 Å². The molecular formula is C15H16N2O2. The van der Waals surface area contributed by atoms with Crippen molar-refractivity contribution >= 4 is 5.97 Å². The third-order valence-electron chi connectivity index (χ3n) is 3.15. The Labute approximate surface area is 112 Å². The third-order valence-corrected chi connectivity index (χ3v) is 3.15. The van der Waals surface area contributed by atoms with Gasteiger partial charge in [-0.05, 0) is 25.1 Å². The van der Waals surface area contributed by atoms with Crippen molar-refractivity contribution in [2.24, 2.45) is 5.41 Å². The zero-order chi connectivity index (χ0) is 13.9. The molecule has 1 N–H and O–H groups in total. The first-order chi connectivity index (χ1) is 9.05. The largest absolute Gasteiger partial charge is 0.481 e. The van der Waals surface area contributed by atoms with Gasteiger partial charge in [-0.2, -0.15) is 5.10 Å². The first-order valence-corrected chi connectivity index (χ1v) is 6.02. The van der Waals surface area contributed by atoms with Crippen molar-refractivity contribution in [2.45, 2.75) is 13.3 Å². The van der Waals surface area contributed by atoms with Gasteiger partial charge in [0, 0.05) is 12.6 Å². The van der Waals surface area contributed by atoms with Crippen LogP contribution in [0.1, 0.15) is 12.6 Å². The molecule has 0 bridgehead atoms. The zero-order valence-corrected chi connectivity index (χ0v) is 10.8. The predicted molar refractivity (Wildman–Crippen MR) is 73.2 cm³/mol. The lowest BCUT2D eigenvalue weighted by molar-refractivity contribution is -0.145. The van der Waals surface area contributed by atoms with Crippen molar-refractivity contribution in [3.8, 4) is 5.69 Å². The van der Waals surface area contributed by atoms with Crippen molar-refractivity contribution in [1.82, 2.24) is 9.78 Å². The van der Waals surface area contributed by atoms with Gasteiger partial charge in [0.05, 0.1) is 16.8 Å². The molecule has 0 fully saturated rings. The van der Waals surface area contributed by atoms with Gasteiger partial charge in [-0.25, -0.2) is 4.68 Å². The highest BCUT2D eigenvalue weighted by atomic mass is 16.4. The Morgan fingerprint density at radius 3 is 2.68 bits per heavy atom. The lowest BCUT2D eigenvalue weighted by Crippen LogP contribution is -2.27. The molecular weight excluding hydrogens is 240 g/mol. The smallest absolute Gasteiger partial charge is 0.313 e. The second kappa shape index (κ2) is 5.10. The summed E-state index contributed by atoms with van der Waals surface area (Å²) in [7, 11) is 0. The number of hydrogen-bond acceptors (Lipinski definition) is 2. The van der Waals surface area contributed by atoms with Gasteiger partial charge in [-0.15, -0.1) is 6.58 Å². The average Bonchev–Trinajstić information content (AvgIpc) is 2.87. The van der Waals surface area contributed by atoms with E-state index in [2.05, 4.69) is 11.7 Å². The van der Waals surface area contributed by atoms with Gasteiger partial charge in [0.2, 0.25) is 0 Å². The molecule has 98 valence electrons. The highest BCUT2D eigenvalue weighted by Crippen LogP contribution is 2.23. The van der Waals surface area contributed by atoms with Crippen molar-refractivity contribution in [3.05, 3.63) is 60.9 Å². The molecule has 0 aliphatic carbocycles. The third kappa shape index (κ3) is 2.73. The van der Waals surface area contributed by atoms with E-state index in [9.17, 15) is 9.90 Å². The Hall–Kier alpha value is -2.36. The highest BCUT2D eigenvalue weighted by Gasteiger charge is 2.30. The lowest BCUT2D eigenvalue weighted by atomic mass is 9.86. The number of aliphatic carboxylic acids is 1. The fourth-order valence-corrected chi connectivity index (χ4v) is 1.79. The number of carboxylic acid groups (broad SMARTS) is 1. The van der Waals surface area contributed by atoms with Crippen LogP contribution in [0.2, 0.25) is 0 Å². The van der Waals surface area contributed by atoms with E-state index < -0.39 is 11.4 Å². The van der Waals surface area contributed by atoms with Crippen LogP contribution in [0.4, 0.5) is 0 Å². The second-order valence-corrected chi connectivity index (χ2v) is 4.69. The van der Waals surface area contributed by atoms with Crippen LogP contribution in [-0.2, 0) is 11.2 Å². The molecule has 0 aliphatic heterocycles. The summed E-state index contributed by atoms with van der Waals surface area (Å²) in [6.07, 6.45) is 3.61. The monoisotopic (exact) mass is 256 g/mol. The number of benzene rings is 1. The molecule has 4 nitrogen and oxygen atoms in total. The summed E-state index contributed by atoms with van der Waals surface area (Å²) in [6.45, 7) is 5.24. The number of aromatic nitrogens is 2. The number of rotatable bonds is 5. The number of nitrogens with zero attached hydrogens (tertiary/aromatic N) is 2. The van der Waals surface area contributed by atoms with E-state index in [1.165, 1.54) is 6.08 Å². The summed E-state index contributed by atoms with van der Waals surface area (Å²) >= 11 is 0. The van der Waals surface area contributed by atoms with Crippen LogP contribution in [-0.4, -0.2) is 20.9 Å². The Morgan fingerprint density at radius 2 is 2.11 bits per heavy atom. The van der Waals surface area contributed by atoms with E-state index in [4.69, 9.17) is 0 Å². The second-order valence-electron chi connectivity index (χ2n) is 4.69. The van der Waals surface area contributed by atoms with Crippen LogP contribution >= 0.6 is 0 Å². The van der Waals surface area contributed by atoms with Crippen LogP contribution < -0.4 is 0 Å². The Kier molecular flexibility index (Phi) is 3.51. The fraction of sp³-hybridized carbons (Fsp3) is 0.200. The van der Waals surface area contributed by atoms with E-state index in [1.807, 2.05) is 42.6 Å². The summed E-state index contributed by atoms with van der Waals surface area (Å²) in [5.41, 5.74) is 0.689. The lowest BCUT2D eigenvalue weighted by Gasteiger charge is -2.18. The highest BCUT2D eigenvalue weighted by molar-refractivity contribution is 5.76. The van der Waals surface area contributed by atoms with E-state index in [-0.39, 0.29) is 0 Å². The summed E-state index contributed by atoms with van der Waals surface area (Å²) in [6, 6.07) is 11.5. The molecule has 1 heterocycles. The molecule has 2 rings (SSSR count). The number of para-hydroxylation sites is 1. The van der Waals surface area contributed by atoms with Crippen molar-refractivity contribution < 1.29 is 9.90 Å². The minimum absolute atomic E-state index is 0.325. The molecule has 4 heteroatoms. The summed E-state index contributed by atoms with van der Waals surface area (Å²) in [5, 5.41) is 13.6. The molecule has 0 aliphatic rings. The fourth-order valence-electron chi connectivity index (χ4n) is 1.79. The molecule has 2 aromatic rings. The Morgan fingerprint density at radius 1 is 1.42 bits per heavy atom. The number of hydrogen-bond donors (Lipinski definition) is 1. The number of carbonyl (C=O) groups is 1. The summed E-state index contributed by atoms with van der Waals surface area (Å²) in [5.74, 6) is -0.892. The zero-order valence-electron chi connectivity index (χ0n) is 10.8. The first kappa shape index (κ1) is 13.1. The van der Waals surface area contributed by atoms with E-state index in [1.54, 1.807) is 11.6 Å². The van der Waals surface area contributed by atoms with Gasteiger partial charge in [0.25, 0.3) is 0 Å². The standard InChI is InChI=1S/C15H16N2O2/c1-3-15(2,14(18)19)11-12-9-10-17(16-12)13-7-5-4-6-8-13/h3-10H,1,11H2,2H3,(H,18,19). The minimum Gasteiger partial charge on any atom is -0.481 e. The Balaban J connectivity index is 2.23. The van der Waals surface area contributed by atoms with Crippen molar-refractivity contribution in [3.63, 3.8) is 0 Å². The Bertz CT molecular complexity index is 589. The molecule has 1 aromatic carbocycles. The maximum Gasteiger partial charge on any atom is 0.313 e. The molecule has 1 aromatic heterocycles. The SMILES string of the molecule is C=CC(C)(Cc1ccn(-c2ccccc2)n1)C(=O)O. The van der Waals surface area contributed by atoms with Gasteiger partial charge in [0.15, 0.2) is 0 Å². The topological polar surface area (TPSA) is 55.1 Å². The van der Waals surface area contributed by atoms with Crippen LogP contribution in [0.3, 0.4) is 0 Å². The maximum atomic E-state index is 11.2. The molecule has 0 saturated heterocycles.